The van der Waals surface area contributed by atoms with Gasteiger partial charge in [-0.3, -0.25) is 9.59 Å². The van der Waals surface area contributed by atoms with Crippen molar-refractivity contribution in [3.8, 4) is 5.75 Å². The molecule has 0 spiro atoms. The summed E-state index contributed by atoms with van der Waals surface area (Å²) in [6.45, 7) is 6.74. The Kier molecular flexibility index (Phi) is 4.42. The molecule has 1 fully saturated rings. The van der Waals surface area contributed by atoms with Crippen molar-refractivity contribution < 1.29 is 14.3 Å². The van der Waals surface area contributed by atoms with Crippen LogP contribution in [-0.2, 0) is 9.59 Å². The van der Waals surface area contributed by atoms with Crippen LogP contribution < -0.4 is 4.74 Å². The SMILES string of the molecule is Cc1cccc(C)c1OC(C)C(=O)N1CCC(=O)CC1. The summed E-state index contributed by atoms with van der Waals surface area (Å²) < 4.78 is 5.84. The number of piperidine rings is 1. The second-order valence-electron chi connectivity index (χ2n) is 5.34. The molecule has 108 valence electrons. The van der Waals surface area contributed by atoms with Crippen molar-refractivity contribution in [2.45, 2.75) is 39.7 Å². The van der Waals surface area contributed by atoms with Crippen LogP contribution in [0.5, 0.6) is 5.75 Å². The number of hydrogen-bond acceptors (Lipinski definition) is 3. The van der Waals surface area contributed by atoms with Crippen molar-refractivity contribution in [1.29, 1.82) is 0 Å². The minimum atomic E-state index is -0.525. The van der Waals surface area contributed by atoms with E-state index in [4.69, 9.17) is 4.74 Å². The molecule has 0 radical (unpaired) electrons. The largest absolute Gasteiger partial charge is 0.480 e. The number of aryl methyl sites for hydroxylation is 2. The number of Topliss-reactive ketones (excluding diaryl/α,β-unsaturated/α-hetero) is 1. The lowest BCUT2D eigenvalue weighted by Crippen LogP contribution is -2.45. The zero-order chi connectivity index (χ0) is 14.7. The Morgan fingerprint density at radius 2 is 1.75 bits per heavy atom. The Morgan fingerprint density at radius 1 is 1.20 bits per heavy atom. The molecule has 0 aliphatic carbocycles. The average molecular weight is 275 g/mol. The molecule has 2 rings (SSSR count). The molecule has 20 heavy (non-hydrogen) atoms. The fourth-order valence-electron chi connectivity index (χ4n) is 2.45. The quantitative estimate of drug-likeness (QED) is 0.850. The van der Waals surface area contributed by atoms with Gasteiger partial charge in [0, 0.05) is 25.9 Å². The number of likely N-dealkylation sites (tertiary alicyclic amines) is 1. The summed E-state index contributed by atoms with van der Waals surface area (Å²) in [6.07, 6.45) is 0.395. The number of para-hydroxylation sites is 1. The highest BCUT2D eigenvalue weighted by atomic mass is 16.5. The standard InChI is InChI=1S/C16H21NO3/c1-11-5-4-6-12(2)15(11)20-13(3)16(19)17-9-7-14(18)8-10-17/h4-6,13H,7-10H2,1-3H3. The smallest absolute Gasteiger partial charge is 0.263 e. The normalized spacial score (nSPS) is 16.9. The molecule has 1 aromatic carbocycles. The van der Waals surface area contributed by atoms with Crippen molar-refractivity contribution in [3.05, 3.63) is 29.3 Å². The lowest BCUT2D eigenvalue weighted by molar-refractivity contribution is -0.140. The maximum absolute atomic E-state index is 12.3. The van der Waals surface area contributed by atoms with Gasteiger partial charge in [0.1, 0.15) is 11.5 Å². The van der Waals surface area contributed by atoms with Crippen LogP contribution in [0.4, 0.5) is 0 Å². The third-order valence-electron chi connectivity index (χ3n) is 3.68. The molecule has 0 saturated carbocycles. The van der Waals surface area contributed by atoms with Gasteiger partial charge in [-0.25, -0.2) is 0 Å². The van der Waals surface area contributed by atoms with Crippen LogP contribution in [0.2, 0.25) is 0 Å². The number of hydrogen-bond donors (Lipinski definition) is 0. The fourth-order valence-corrected chi connectivity index (χ4v) is 2.45. The van der Waals surface area contributed by atoms with Crippen LogP contribution in [0.1, 0.15) is 30.9 Å². The van der Waals surface area contributed by atoms with Gasteiger partial charge in [-0.2, -0.15) is 0 Å². The third-order valence-corrected chi connectivity index (χ3v) is 3.68. The van der Waals surface area contributed by atoms with Crippen molar-refractivity contribution in [1.82, 2.24) is 4.90 Å². The van der Waals surface area contributed by atoms with Crippen molar-refractivity contribution in [3.63, 3.8) is 0 Å². The van der Waals surface area contributed by atoms with Crippen LogP contribution in [0.3, 0.4) is 0 Å². The van der Waals surface area contributed by atoms with Gasteiger partial charge in [-0.15, -0.1) is 0 Å². The van der Waals surface area contributed by atoms with Crippen LogP contribution in [0.25, 0.3) is 0 Å². The van der Waals surface area contributed by atoms with Crippen LogP contribution in [-0.4, -0.2) is 35.8 Å². The maximum Gasteiger partial charge on any atom is 0.263 e. The Balaban J connectivity index is 2.02. The number of carbonyl (C=O) groups is 2. The molecule has 1 heterocycles. The molecule has 0 bridgehead atoms. The van der Waals surface area contributed by atoms with Crippen LogP contribution in [0.15, 0.2) is 18.2 Å². The second kappa shape index (κ2) is 6.07. The number of nitrogens with zero attached hydrogens (tertiary/aromatic N) is 1. The molecule has 0 N–H and O–H groups in total. The van der Waals surface area contributed by atoms with E-state index in [-0.39, 0.29) is 11.7 Å². The first-order chi connectivity index (χ1) is 9.49. The number of ether oxygens (including phenoxy) is 1. The van der Waals surface area contributed by atoms with Crippen molar-refractivity contribution in [2.24, 2.45) is 0 Å². The lowest BCUT2D eigenvalue weighted by atomic mass is 10.1. The van der Waals surface area contributed by atoms with Gasteiger partial charge < -0.3 is 9.64 Å². The first kappa shape index (κ1) is 14.6. The molecular weight excluding hydrogens is 254 g/mol. The number of carbonyl (C=O) groups excluding carboxylic acids is 2. The van der Waals surface area contributed by atoms with Crippen LogP contribution >= 0.6 is 0 Å². The molecule has 1 aromatic rings. The zero-order valence-electron chi connectivity index (χ0n) is 12.3. The number of amides is 1. The van der Waals surface area contributed by atoms with Gasteiger partial charge in [0.15, 0.2) is 6.10 Å². The summed E-state index contributed by atoms with van der Waals surface area (Å²) in [5.41, 5.74) is 2.05. The summed E-state index contributed by atoms with van der Waals surface area (Å²) in [5.74, 6) is 0.971. The summed E-state index contributed by atoms with van der Waals surface area (Å²) in [5, 5.41) is 0. The minimum absolute atomic E-state index is 0.0415. The average Bonchev–Trinajstić information content (AvgIpc) is 2.43. The zero-order valence-corrected chi connectivity index (χ0v) is 12.3. The molecule has 4 nitrogen and oxygen atoms in total. The number of ketones is 1. The van der Waals surface area contributed by atoms with E-state index >= 15 is 0 Å². The third kappa shape index (κ3) is 3.18. The van der Waals surface area contributed by atoms with E-state index in [9.17, 15) is 9.59 Å². The summed E-state index contributed by atoms with van der Waals surface area (Å²) in [6, 6.07) is 5.92. The molecule has 4 heteroatoms. The molecule has 1 atom stereocenters. The highest BCUT2D eigenvalue weighted by molar-refractivity contribution is 5.85. The summed E-state index contributed by atoms with van der Waals surface area (Å²) in [4.78, 5) is 25.3. The number of rotatable bonds is 3. The first-order valence-electron chi connectivity index (χ1n) is 7.02. The molecule has 1 aliphatic rings. The molecular formula is C16H21NO3. The maximum atomic E-state index is 12.3. The van der Waals surface area contributed by atoms with E-state index in [2.05, 4.69) is 0 Å². The van der Waals surface area contributed by atoms with Crippen molar-refractivity contribution >= 4 is 11.7 Å². The molecule has 1 aliphatic heterocycles. The van der Waals surface area contributed by atoms with E-state index in [1.807, 2.05) is 32.0 Å². The van der Waals surface area contributed by atoms with Crippen molar-refractivity contribution in [2.75, 3.05) is 13.1 Å². The Bertz CT molecular complexity index is 494. The van der Waals surface area contributed by atoms with E-state index in [1.54, 1.807) is 11.8 Å². The Labute approximate surface area is 119 Å². The van der Waals surface area contributed by atoms with E-state index in [0.29, 0.717) is 25.9 Å². The van der Waals surface area contributed by atoms with Gasteiger partial charge in [0.05, 0.1) is 0 Å². The lowest BCUT2D eigenvalue weighted by Gasteiger charge is -2.29. The highest BCUT2D eigenvalue weighted by Crippen LogP contribution is 2.24. The van der Waals surface area contributed by atoms with Gasteiger partial charge >= 0.3 is 0 Å². The molecule has 0 aromatic heterocycles. The van der Waals surface area contributed by atoms with E-state index < -0.39 is 6.10 Å². The second-order valence-corrected chi connectivity index (χ2v) is 5.34. The predicted molar refractivity (Wildman–Crippen MR) is 76.8 cm³/mol. The topological polar surface area (TPSA) is 46.6 Å². The highest BCUT2D eigenvalue weighted by Gasteiger charge is 2.26. The van der Waals surface area contributed by atoms with Gasteiger partial charge in [0.2, 0.25) is 0 Å². The van der Waals surface area contributed by atoms with Crippen LogP contribution in [0, 0.1) is 13.8 Å². The fraction of sp³-hybridized carbons (Fsp3) is 0.500. The van der Waals surface area contributed by atoms with E-state index in [0.717, 1.165) is 16.9 Å². The van der Waals surface area contributed by atoms with Gasteiger partial charge in [-0.05, 0) is 31.9 Å². The Hall–Kier alpha value is -1.84. The summed E-state index contributed by atoms with van der Waals surface area (Å²) in [7, 11) is 0. The Morgan fingerprint density at radius 3 is 2.30 bits per heavy atom. The molecule has 1 unspecified atom stereocenters. The minimum Gasteiger partial charge on any atom is -0.480 e. The predicted octanol–water partition coefficient (Wildman–Crippen LogP) is 2.26. The number of benzene rings is 1. The van der Waals surface area contributed by atoms with E-state index in [1.165, 1.54) is 0 Å². The first-order valence-corrected chi connectivity index (χ1v) is 7.02. The summed E-state index contributed by atoms with van der Waals surface area (Å²) >= 11 is 0. The molecule has 1 amide bonds. The monoisotopic (exact) mass is 275 g/mol. The molecule has 1 saturated heterocycles. The van der Waals surface area contributed by atoms with Gasteiger partial charge in [-0.1, -0.05) is 18.2 Å². The van der Waals surface area contributed by atoms with Gasteiger partial charge in [0.25, 0.3) is 5.91 Å².